The summed E-state index contributed by atoms with van der Waals surface area (Å²) in [6, 6.07) is 6.38. The van der Waals surface area contributed by atoms with E-state index in [2.05, 4.69) is 37.4 Å². The van der Waals surface area contributed by atoms with E-state index in [1.165, 1.54) is 16.7 Å². The van der Waals surface area contributed by atoms with Crippen molar-refractivity contribution < 1.29 is 4.21 Å². The summed E-state index contributed by atoms with van der Waals surface area (Å²) in [7, 11) is -0.662. The van der Waals surface area contributed by atoms with Crippen LogP contribution in [0.2, 0.25) is 0 Å². The molecule has 0 heterocycles. The van der Waals surface area contributed by atoms with E-state index in [9.17, 15) is 4.21 Å². The van der Waals surface area contributed by atoms with E-state index in [1.807, 2.05) is 0 Å². The van der Waals surface area contributed by atoms with Gasteiger partial charge >= 0.3 is 0 Å². The molecular weight excluding hydrogens is 218 g/mol. The fraction of sp³-hybridized carbons (Fsp3) is 0.538. The molecule has 1 aromatic carbocycles. The van der Waals surface area contributed by atoms with E-state index in [0.29, 0.717) is 0 Å². The summed E-state index contributed by atoms with van der Waals surface area (Å²) in [4.78, 5) is 0. The zero-order valence-electron chi connectivity index (χ0n) is 10.4. The summed E-state index contributed by atoms with van der Waals surface area (Å²) < 4.78 is 10.9. The summed E-state index contributed by atoms with van der Waals surface area (Å²) in [6.45, 7) is 6.14. The largest absolute Gasteiger partial charge is 0.313 e. The highest BCUT2D eigenvalue weighted by Crippen LogP contribution is 2.12. The van der Waals surface area contributed by atoms with Gasteiger partial charge in [-0.1, -0.05) is 18.2 Å². The van der Waals surface area contributed by atoms with Gasteiger partial charge in [0.15, 0.2) is 0 Å². The van der Waals surface area contributed by atoms with Crippen molar-refractivity contribution in [2.45, 2.75) is 26.8 Å². The first kappa shape index (κ1) is 13.4. The van der Waals surface area contributed by atoms with Crippen molar-refractivity contribution in [1.29, 1.82) is 0 Å². The molecule has 16 heavy (non-hydrogen) atoms. The van der Waals surface area contributed by atoms with Gasteiger partial charge in [0.25, 0.3) is 0 Å². The van der Waals surface area contributed by atoms with Crippen LogP contribution in [0.25, 0.3) is 0 Å². The van der Waals surface area contributed by atoms with Gasteiger partial charge in [0.05, 0.1) is 0 Å². The van der Waals surface area contributed by atoms with Gasteiger partial charge in [0.2, 0.25) is 0 Å². The Labute approximate surface area is 101 Å². The molecule has 1 rings (SSSR count). The van der Waals surface area contributed by atoms with Crippen molar-refractivity contribution in [3.63, 3.8) is 0 Å². The fourth-order valence-electron chi connectivity index (χ4n) is 1.74. The molecule has 90 valence electrons. The molecular formula is C13H21NOS. The highest BCUT2D eigenvalue weighted by atomic mass is 32.2. The molecule has 1 atom stereocenters. The Hall–Kier alpha value is -0.670. The van der Waals surface area contributed by atoms with Gasteiger partial charge in [-0.15, -0.1) is 0 Å². The van der Waals surface area contributed by atoms with Crippen molar-refractivity contribution in [3.05, 3.63) is 34.9 Å². The Morgan fingerprint density at radius 2 is 1.88 bits per heavy atom. The van der Waals surface area contributed by atoms with Crippen molar-refractivity contribution in [1.82, 2.24) is 5.32 Å². The van der Waals surface area contributed by atoms with Crippen molar-refractivity contribution in [3.8, 4) is 0 Å². The molecule has 0 spiro atoms. The molecule has 0 saturated carbocycles. The Kier molecular flexibility index (Phi) is 5.71. The number of benzene rings is 1. The number of hydrogen-bond donors (Lipinski definition) is 1. The van der Waals surface area contributed by atoms with Crippen LogP contribution >= 0.6 is 0 Å². The van der Waals surface area contributed by atoms with Crippen LogP contribution in [0.5, 0.6) is 0 Å². The van der Waals surface area contributed by atoms with Crippen molar-refractivity contribution in [2.75, 3.05) is 18.6 Å². The number of rotatable bonds is 6. The lowest BCUT2D eigenvalue weighted by Crippen LogP contribution is -2.17. The van der Waals surface area contributed by atoms with Gasteiger partial charge in [0, 0.05) is 29.4 Å². The molecule has 0 saturated heterocycles. The zero-order valence-corrected chi connectivity index (χ0v) is 11.2. The third kappa shape index (κ3) is 4.45. The van der Waals surface area contributed by atoms with Crippen LogP contribution in [-0.2, 0) is 17.3 Å². The maximum atomic E-state index is 10.9. The number of hydrogen-bond acceptors (Lipinski definition) is 2. The summed E-state index contributed by atoms with van der Waals surface area (Å²) in [6.07, 6.45) is 2.74. The van der Waals surface area contributed by atoms with E-state index >= 15 is 0 Å². The lowest BCUT2D eigenvalue weighted by atomic mass is 10.0. The van der Waals surface area contributed by atoms with Gasteiger partial charge in [-0.3, -0.25) is 4.21 Å². The monoisotopic (exact) mass is 239 g/mol. The zero-order chi connectivity index (χ0) is 12.0. The first-order valence-electron chi connectivity index (χ1n) is 5.67. The number of aryl methyl sites for hydroxylation is 2. The first-order chi connectivity index (χ1) is 7.61. The maximum absolute atomic E-state index is 10.9. The molecule has 0 radical (unpaired) electrons. The molecule has 0 amide bonds. The second-order valence-electron chi connectivity index (χ2n) is 4.18. The molecule has 0 aliphatic carbocycles. The molecule has 2 nitrogen and oxygen atoms in total. The van der Waals surface area contributed by atoms with Gasteiger partial charge in [-0.05, 0) is 43.5 Å². The van der Waals surface area contributed by atoms with E-state index in [-0.39, 0.29) is 0 Å². The van der Waals surface area contributed by atoms with E-state index in [1.54, 1.807) is 6.26 Å². The second kappa shape index (κ2) is 6.81. The molecule has 0 aromatic heterocycles. The highest BCUT2D eigenvalue weighted by Gasteiger charge is 2.00. The lowest BCUT2D eigenvalue weighted by molar-refractivity contribution is 0.659. The SMILES string of the molecule is Cc1cccc(C)c1CNCCCS(C)=O. The number of nitrogens with one attached hydrogen (secondary N) is 1. The van der Waals surface area contributed by atoms with Crippen LogP contribution in [0.1, 0.15) is 23.1 Å². The Morgan fingerprint density at radius 1 is 1.25 bits per heavy atom. The maximum Gasteiger partial charge on any atom is 0.0244 e. The molecule has 0 aliphatic heterocycles. The molecule has 0 aliphatic rings. The van der Waals surface area contributed by atoms with Crippen molar-refractivity contribution >= 4 is 10.8 Å². The summed E-state index contributed by atoms with van der Waals surface area (Å²) in [5.41, 5.74) is 4.07. The standard InChI is InChI=1S/C13H21NOS/c1-11-6-4-7-12(2)13(11)10-14-8-5-9-16(3)15/h4,6-7,14H,5,8-10H2,1-3H3. The Balaban J connectivity index is 2.34. The normalized spacial score (nSPS) is 12.7. The van der Waals surface area contributed by atoms with Crippen LogP contribution in [-0.4, -0.2) is 22.8 Å². The smallest absolute Gasteiger partial charge is 0.0244 e. The van der Waals surface area contributed by atoms with Crippen molar-refractivity contribution in [2.24, 2.45) is 0 Å². The third-order valence-electron chi connectivity index (χ3n) is 2.73. The molecule has 3 heteroatoms. The quantitative estimate of drug-likeness (QED) is 0.771. The topological polar surface area (TPSA) is 29.1 Å². The summed E-state index contributed by atoms with van der Waals surface area (Å²) in [5.74, 6) is 0.791. The minimum atomic E-state index is -0.662. The predicted octanol–water partition coefficient (Wildman–Crippen LogP) is 2.16. The summed E-state index contributed by atoms with van der Waals surface area (Å²) in [5, 5.41) is 3.40. The van der Waals surface area contributed by atoms with Crippen LogP contribution in [0.15, 0.2) is 18.2 Å². The Bertz CT molecular complexity index is 343. The average molecular weight is 239 g/mol. The van der Waals surface area contributed by atoms with Gasteiger partial charge in [0.1, 0.15) is 0 Å². The molecule has 1 N–H and O–H groups in total. The van der Waals surface area contributed by atoms with E-state index < -0.39 is 10.8 Å². The van der Waals surface area contributed by atoms with Gasteiger partial charge < -0.3 is 5.32 Å². The Morgan fingerprint density at radius 3 is 2.44 bits per heavy atom. The van der Waals surface area contributed by atoms with Crippen LogP contribution in [0, 0.1) is 13.8 Å². The highest BCUT2D eigenvalue weighted by molar-refractivity contribution is 7.84. The van der Waals surface area contributed by atoms with Gasteiger partial charge in [-0.2, -0.15) is 0 Å². The van der Waals surface area contributed by atoms with E-state index in [4.69, 9.17) is 0 Å². The predicted molar refractivity (Wildman–Crippen MR) is 71.2 cm³/mol. The molecule has 1 aromatic rings. The lowest BCUT2D eigenvalue weighted by Gasteiger charge is -2.10. The second-order valence-corrected chi connectivity index (χ2v) is 5.73. The summed E-state index contributed by atoms with van der Waals surface area (Å²) >= 11 is 0. The van der Waals surface area contributed by atoms with Crippen LogP contribution < -0.4 is 5.32 Å². The fourth-order valence-corrected chi connectivity index (χ4v) is 2.29. The average Bonchev–Trinajstić information content (AvgIpc) is 2.21. The third-order valence-corrected chi connectivity index (χ3v) is 3.60. The minimum absolute atomic E-state index is 0.662. The minimum Gasteiger partial charge on any atom is -0.313 e. The van der Waals surface area contributed by atoms with Crippen LogP contribution in [0.3, 0.4) is 0 Å². The van der Waals surface area contributed by atoms with Gasteiger partial charge in [-0.25, -0.2) is 0 Å². The molecule has 0 bridgehead atoms. The first-order valence-corrected chi connectivity index (χ1v) is 7.40. The van der Waals surface area contributed by atoms with Crippen LogP contribution in [0.4, 0.5) is 0 Å². The molecule has 0 fully saturated rings. The van der Waals surface area contributed by atoms with E-state index in [0.717, 1.165) is 25.3 Å². The molecule has 1 unspecified atom stereocenters.